The van der Waals surface area contributed by atoms with Crippen LogP contribution < -0.4 is 5.73 Å². The molecule has 3 aromatic rings. The number of nitrogens with two attached hydrogens (primary N) is 1. The molecule has 0 bridgehead atoms. The van der Waals surface area contributed by atoms with Crippen LogP contribution in [-0.2, 0) is 11.0 Å². The molecule has 0 aliphatic rings. The van der Waals surface area contributed by atoms with Crippen LogP contribution in [0.2, 0.25) is 0 Å². The molecule has 25 heavy (non-hydrogen) atoms. The lowest BCUT2D eigenvalue weighted by atomic mass is 10.1. The van der Waals surface area contributed by atoms with E-state index in [2.05, 4.69) is 9.97 Å². The summed E-state index contributed by atoms with van der Waals surface area (Å²) in [5.74, 6) is -1.91. The van der Waals surface area contributed by atoms with Crippen LogP contribution in [0.1, 0.15) is 16.6 Å². The summed E-state index contributed by atoms with van der Waals surface area (Å²) in [6.07, 6.45) is -4.69. The van der Waals surface area contributed by atoms with Crippen molar-refractivity contribution in [1.29, 1.82) is 0 Å². The largest absolute Gasteiger partial charge is 0.451 e. The number of amides is 1. The Labute approximate surface area is 145 Å². The fourth-order valence-electron chi connectivity index (χ4n) is 2.29. The minimum atomic E-state index is -4.69. The van der Waals surface area contributed by atoms with Crippen molar-refractivity contribution in [3.8, 4) is 0 Å². The summed E-state index contributed by atoms with van der Waals surface area (Å²) in [6.45, 7) is 0. The summed E-state index contributed by atoms with van der Waals surface area (Å²) in [5, 5.41) is -0.367. The van der Waals surface area contributed by atoms with Crippen LogP contribution in [0.25, 0.3) is 10.9 Å². The van der Waals surface area contributed by atoms with Gasteiger partial charge in [-0.1, -0.05) is 60.3 Å². The maximum Gasteiger partial charge on any atom is 0.451 e. The lowest BCUT2D eigenvalue weighted by Gasteiger charge is -2.15. The molecule has 1 heterocycles. The number of para-hydroxylation sites is 1. The van der Waals surface area contributed by atoms with E-state index < -0.39 is 23.2 Å². The average molecular weight is 363 g/mol. The third kappa shape index (κ3) is 3.74. The minimum absolute atomic E-state index is 0.0607. The number of hydrogen-bond acceptors (Lipinski definition) is 4. The second-order valence-corrected chi connectivity index (χ2v) is 6.27. The molecule has 1 atom stereocenters. The van der Waals surface area contributed by atoms with Crippen LogP contribution in [0.3, 0.4) is 0 Å². The summed E-state index contributed by atoms with van der Waals surface area (Å²) in [5.41, 5.74) is 6.21. The number of rotatable bonds is 4. The topological polar surface area (TPSA) is 68.9 Å². The smallest absolute Gasteiger partial charge is 0.368 e. The number of nitrogens with zero attached hydrogens (tertiary/aromatic N) is 2. The summed E-state index contributed by atoms with van der Waals surface area (Å²) in [6, 6.07) is 15.0. The van der Waals surface area contributed by atoms with E-state index in [0.29, 0.717) is 10.9 Å². The first-order chi connectivity index (χ1) is 11.9. The zero-order valence-corrected chi connectivity index (χ0v) is 13.5. The van der Waals surface area contributed by atoms with Crippen molar-refractivity contribution < 1.29 is 18.0 Å². The molecule has 0 fully saturated rings. The average Bonchev–Trinajstić information content (AvgIpc) is 2.59. The van der Waals surface area contributed by atoms with Gasteiger partial charge in [-0.2, -0.15) is 13.2 Å². The summed E-state index contributed by atoms with van der Waals surface area (Å²) in [4.78, 5) is 19.1. The third-order valence-corrected chi connectivity index (χ3v) is 4.69. The molecule has 0 aliphatic carbocycles. The van der Waals surface area contributed by atoms with Gasteiger partial charge in [-0.3, -0.25) is 4.79 Å². The van der Waals surface area contributed by atoms with Gasteiger partial charge < -0.3 is 5.73 Å². The fraction of sp³-hybridized carbons (Fsp3) is 0.118. The highest BCUT2D eigenvalue weighted by molar-refractivity contribution is 8.00. The summed E-state index contributed by atoms with van der Waals surface area (Å²) < 4.78 is 39.3. The van der Waals surface area contributed by atoms with Crippen LogP contribution in [0.15, 0.2) is 59.6 Å². The van der Waals surface area contributed by atoms with Gasteiger partial charge in [0.25, 0.3) is 0 Å². The molecule has 0 radical (unpaired) electrons. The Balaban J connectivity index is 2.12. The number of aromatic nitrogens is 2. The van der Waals surface area contributed by atoms with Crippen LogP contribution in [-0.4, -0.2) is 15.9 Å². The van der Waals surface area contributed by atoms with Gasteiger partial charge in [0.1, 0.15) is 10.3 Å². The summed E-state index contributed by atoms with van der Waals surface area (Å²) >= 11 is 0.884. The van der Waals surface area contributed by atoms with Gasteiger partial charge in [-0.05, 0) is 11.6 Å². The molecule has 1 aromatic heterocycles. The normalized spacial score (nSPS) is 12.9. The molecule has 0 spiro atoms. The van der Waals surface area contributed by atoms with Crippen molar-refractivity contribution >= 4 is 28.6 Å². The second kappa shape index (κ2) is 6.72. The lowest BCUT2D eigenvalue weighted by Crippen LogP contribution is -2.19. The predicted octanol–water partition coefficient (Wildman–Crippen LogP) is 3.97. The first-order valence-electron chi connectivity index (χ1n) is 7.21. The van der Waals surface area contributed by atoms with Crippen molar-refractivity contribution in [3.05, 3.63) is 66.0 Å². The monoisotopic (exact) mass is 363 g/mol. The standard InChI is InChI=1S/C17H12F3N3OS/c18-17(19,20)16-22-12-9-5-4-8-11(12)15(23-16)25-13(14(21)24)10-6-2-1-3-7-10/h1-9,13H,(H2,21,24). The first kappa shape index (κ1) is 17.2. The van der Waals surface area contributed by atoms with Crippen molar-refractivity contribution in [2.75, 3.05) is 0 Å². The molecule has 8 heteroatoms. The number of thioether (sulfide) groups is 1. The highest BCUT2D eigenvalue weighted by Crippen LogP contribution is 2.39. The predicted molar refractivity (Wildman–Crippen MR) is 88.8 cm³/mol. The van der Waals surface area contributed by atoms with E-state index in [9.17, 15) is 18.0 Å². The van der Waals surface area contributed by atoms with Gasteiger partial charge in [-0.15, -0.1) is 0 Å². The Morgan fingerprint density at radius 3 is 2.28 bits per heavy atom. The highest BCUT2D eigenvalue weighted by Gasteiger charge is 2.36. The number of carbonyl (C=O) groups is 1. The summed E-state index contributed by atoms with van der Waals surface area (Å²) in [7, 11) is 0. The Morgan fingerprint density at radius 2 is 1.64 bits per heavy atom. The van der Waals surface area contributed by atoms with Crippen molar-refractivity contribution in [2.24, 2.45) is 5.73 Å². The number of alkyl halides is 3. The van der Waals surface area contributed by atoms with Crippen LogP contribution in [0.5, 0.6) is 0 Å². The Bertz CT molecular complexity index is 916. The number of carbonyl (C=O) groups excluding carboxylic acids is 1. The van der Waals surface area contributed by atoms with E-state index in [1.165, 1.54) is 6.07 Å². The van der Waals surface area contributed by atoms with Crippen molar-refractivity contribution in [1.82, 2.24) is 9.97 Å². The molecular weight excluding hydrogens is 351 g/mol. The zero-order chi connectivity index (χ0) is 18.0. The quantitative estimate of drug-likeness (QED) is 0.563. The third-order valence-electron chi connectivity index (χ3n) is 3.41. The molecule has 2 aromatic carbocycles. The number of fused-ring (bicyclic) bond motifs is 1. The number of benzene rings is 2. The number of primary amides is 1. The van der Waals surface area contributed by atoms with Gasteiger partial charge in [0.15, 0.2) is 0 Å². The fourth-order valence-corrected chi connectivity index (χ4v) is 3.37. The molecule has 1 amide bonds. The number of halogens is 3. The van der Waals surface area contributed by atoms with Crippen LogP contribution in [0.4, 0.5) is 13.2 Å². The van der Waals surface area contributed by atoms with E-state index in [0.717, 1.165) is 11.8 Å². The first-order valence-corrected chi connectivity index (χ1v) is 8.09. The van der Waals surface area contributed by atoms with E-state index in [1.54, 1.807) is 48.5 Å². The van der Waals surface area contributed by atoms with Crippen molar-refractivity contribution in [3.63, 3.8) is 0 Å². The number of hydrogen-bond donors (Lipinski definition) is 1. The molecule has 0 saturated carbocycles. The molecule has 3 rings (SSSR count). The molecule has 128 valence electrons. The van der Waals surface area contributed by atoms with E-state index >= 15 is 0 Å². The van der Waals surface area contributed by atoms with Crippen molar-refractivity contribution in [2.45, 2.75) is 16.5 Å². The zero-order valence-electron chi connectivity index (χ0n) is 12.7. The van der Waals surface area contributed by atoms with Gasteiger partial charge in [0, 0.05) is 5.39 Å². The molecule has 0 aliphatic heterocycles. The maximum absolute atomic E-state index is 13.1. The SMILES string of the molecule is NC(=O)C(Sc1nc(C(F)(F)F)nc2ccccc12)c1ccccc1. The van der Waals surface area contributed by atoms with E-state index in [4.69, 9.17) is 5.73 Å². The molecule has 4 nitrogen and oxygen atoms in total. The minimum Gasteiger partial charge on any atom is -0.368 e. The highest BCUT2D eigenvalue weighted by atomic mass is 32.2. The molecular formula is C17H12F3N3OS. The Hall–Kier alpha value is -2.61. The Morgan fingerprint density at radius 1 is 1.00 bits per heavy atom. The molecule has 0 saturated heterocycles. The van der Waals surface area contributed by atoms with Gasteiger partial charge in [-0.25, -0.2) is 9.97 Å². The van der Waals surface area contributed by atoms with Gasteiger partial charge >= 0.3 is 6.18 Å². The van der Waals surface area contributed by atoms with Gasteiger partial charge in [0.05, 0.1) is 5.52 Å². The van der Waals surface area contributed by atoms with Crippen LogP contribution in [0, 0.1) is 0 Å². The van der Waals surface area contributed by atoms with E-state index in [1.807, 2.05) is 0 Å². The molecule has 1 unspecified atom stereocenters. The van der Waals surface area contributed by atoms with Crippen LogP contribution >= 0.6 is 11.8 Å². The van der Waals surface area contributed by atoms with E-state index in [-0.39, 0.29) is 10.5 Å². The second-order valence-electron chi connectivity index (χ2n) is 5.18. The van der Waals surface area contributed by atoms with Gasteiger partial charge in [0.2, 0.25) is 11.7 Å². The lowest BCUT2D eigenvalue weighted by molar-refractivity contribution is -0.145. The Kier molecular flexibility index (Phi) is 4.63. The maximum atomic E-state index is 13.1. The molecule has 2 N–H and O–H groups in total.